The van der Waals surface area contributed by atoms with Gasteiger partial charge in [0.2, 0.25) is 0 Å². The van der Waals surface area contributed by atoms with E-state index in [0.29, 0.717) is 11.4 Å². The van der Waals surface area contributed by atoms with Crippen molar-refractivity contribution >= 4 is 5.91 Å². The molecule has 9 heteroatoms. The molecule has 3 aromatic rings. The molecule has 0 radical (unpaired) electrons. The van der Waals surface area contributed by atoms with Crippen LogP contribution >= 0.6 is 0 Å². The molecule has 3 rings (SSSR count). The number of rotatable bonds is 4. The van der Waals surface area contributed by atoms with Crippen LogP contribution in [0, 0.1) is 12.7 Å². The molecule has 0 aliphatic heterocycles. The van der Waals surface area contributed by atoms with E-state index in [2.05, 4.69) is 9.84 Å². The fourth-order valence-electron chi connectivity index (χ4n) is 2.61. The summed E-state index contributed by atoms with van der Waals surface area (Å²) in [6.07, 6.45) is -4.92. The van der Waals surface area contributed by atoms with Crippen molar-refractivity contribution in [2.45, 2.75) is 13.3 Å². The van der Waals surface area contributed by atoms with Gasteiger partial charge in [-0.1, -0.05) is 18.2 Å². The number of nitrogens with zero attached hydrogens (tertiary/aromatic N) is 2. The van der Waals surface area contributed by atoms with Crippen LogP contribution in [0.25, 0.3) is 16.8 Å². The summed E-state index contributed by atoms with van der Waals surface area (Å²) in [6, 6.07) is 10.5. The van der Waals surface area contributed by atoms with Crippen molar-refractivity contribution in [3.63, 3.8) is 0 Å². The minimum Gasteiger partial charge on any atom is -0.405 e. The lowest BCUT2D eigenvalue weighted by atomic mass is 10.0. The number of ether oxygens (including phenoxy) is 1. The molecule has 0 spiro atoms. The maximum atomic E-state index is 14.4. The molecular formula is C18H13F4N3O2. The average Bonchev–Trinajstić information content (AvgIpc) is 2.97. The summed E-state index contributed by atoms with van der Waals surface area (Å²) in [5, 5.41) is 4.03. The van der Waals surface area contributed by atoms with Gasteiger partial charge in [-0.05, 0) is 37.3 Å². The third kappa shape index (κ3) is 3.91. The van der Waals surface area contributed by atoms with Crippen molar-refractivity contribution in [1.82, 2.24) is 9.78 Å². The maximum Gasteiger partial charge on any atom is 0.573 e. The monoisotopic (exact) mass is 379 g/mol. The molecule has 1 aromatic heterocycles. The zero-order valence-corrected chi connectivity index (χ0v) is 13.9. The van der Waals surface area contributed by atoms with E-state index in [-0.39, 0.29) is 16.8 Å². The number of carbonyl (C=O) groups excluding carboxylic acids is 1. The maximum absolute atomic E-state index is 14.4. The highest BCUT2D eigenvalue weighted by Crippen LogP contribution is 2.36. The number of hydrogen-bond donors (Lipinski definition) is 1. The smallest absolute Gasteiger partial charge is 0.405 e. The summed E-state index contributed by atoms with van der Waals surface area (Å²) in [6.45, 7) is 1.66. The number of aromatic nitrogens is 2. The van der Waals surface area contributed by atoms with Gasteiger partial charge in [-0.15, -0.1) is 13.2 Å². The fourth-order valence-corrected chi connectivity index (χ4v) is 2.61. The van der Waals surface area contributed by atoms with Crippen LogP contribution in [-0.2, 0) is 0 Å². The van der Waals surface area contributed by atoms with Gasteiger partial charge in [0.15, 0.2) is 5.69 Å². The van der Waals surface area contributed by atoms with E-state index in [0.717, 1.165) is 12.1 Å². The zero-order valence-electron chi connectivity index (χ0n) is 13.9. The number of hydrogen-bond acceptors (Lipinski definition) is 3. The summed E-state index contributed by atoms with van der Waals surface area (Å²) in [5.74, 6) is -2.00. The summed E-state index contributed by atoms with van der Waals surface area (Å²) < 4.78 is 57.6. The number of nitrogens with two attached hydrogens (primary N) is 1. The highest BCUT2D eigenvalue weighted by molar-refractivity contribution is 5.90. The first kappa shape index (κ1) is 18.4. The molecule has 1 heterocycles. The van der Waals surface area contributed by atoms with Gasteiger partial charge in [-0.25, -0.2) is 9.07 Å². The van der Waals surface area contributed by atoms with E-state index >= 15 is 0 Å². The van der Waals surface area contributed by atoms with E-state index in [1.54, 1.807) is 6.92 Å². The second kappa shape index (κ2) is 6.75. The third-order valence-electron chi connectivity index (χ3n) is 3.74. The molecule has 0 bridgehead atoms. The molecular weight excluding hydrogens is 366 g/mol. The van der Waals surface area contributed by atoms with Gasteiger partial charge in [0.1, 0.15) is 11.6 Å². The number of para-hydroxylation sites is 1. The van der Waals surface area contributed by atoms with Crippen molar-refractivity contribution in [3.05, 3.63) is 65.7 Å². The summed E-state index contributed by atoms with van der Waals surface area (Å²) in [4.78, 5) is 11.3. The van der Waals surface area contributed by atoms with Crippen molar-refractivity contribution < 1.29 is 27.1 Å². The van der Waals surface area contributed by atoms with Crippen molar-refractivity contribution in [2.24, 2.45) is 5.73 Å². The van der Waals surface area contributed by atoms with E-state index in [9.17, 15) is 22.4 Å². The molecule has 140 valence electrons. The Bertz CT molecular complexity index is 1010. The molecule has 0 unspecified atom stereocenters. The van der Waals surface area contributed by atoms with Gasteiger partial charge >= 0.3 is 6.36 Å². The van der Waals surface area contributed by atoms with Crippen LogP contribution in [0.2, 0.25) is 0 Å². The highest BCUT2D eigenvalue weighted by Gasteiger charge is 2.32. The zero-order chi connectivity index (χ0) is 19.8. The van der Waals surface area contributed by atoms with Gasteiger partial charge < -0.3 is 10.5 Å². The van der Waals surface area contributed by atoms with Crippen molar-refractivity contribution in [1.29, 1.82) is 0 Å². The summed E-state index contributed by atoms with van der Waals surface area (Å²) in [5.41, 5.74) is 5.92. The molecule has 1 amide bonds. The van der Waals surface area contributed by atoms with Crippen LogP contribution in [0.4, 0.5) is 17.6 Å². The lowest BCUT2D eigenvalue weighted by Gasteiger charge is -2.14. The van der Waals surface area contributed by atoms with Crippen molar-refractivity contribution in [2.75, 3.05) is 0 Å². The quantitative estimate of drug-likeness (QED) is 0.697. The highest BCUT2D eigenvalue weighted by atomic mass is 19.4. The Balaban J connectivity index is 2.12. The number of benzene rings is 2. The number of primary amides is 1. The predicted octanol–water partition coefficient (Wildman–Crippen LogP) is 3.98. The van der Waals surface area contributed by atoms with Gasteiger partial charge in [0.25, 0.3) is 5.91 Å². The van der Waals surface area contributed by atoms with Gasteiger partial charge in [-0.2, -0.15) is 5.10 Å². The molecule has 0 saturated heterocycles. The summed E-state index contributed by atoms with van der Waals surface area (Å²) in [7, 11) is 0. The van der Waals surface area contributed by atoms with Crippen LogP contribution < -0.4 is 10.5 Å². The number of aryl methyl sites for hydroxylation is 1. The Hall–Kier alpha value is -3.36. The minimum absolute atomic E-state index is 0.0131. The Morgan fingerprint density at radius 3 is 2.44 bits per heavy atom. The molecule has 0 atom stereocenters. The van der Waals surface area contributed by atoms with E-state index in [4.69, 9.17) is 5.73 Å². The predicted molar refractivity (Wildman–Crippen MR) is 88.9 cm³/mol. The van der Waals surface area contributed by atoms with Crippen LogP contribution in [0.1, 0.15) is 16.2 Å². The molecule has 0 aliphatic rings. The standard InChI is InChI=1S/C18H13F4N3O2/c1-10-8-15(17(23)26)24-25(10)11-6-7-14(19)13(9-11)12-4-2-3-5-16(12)27-18(20,21)22/h2-9H,1H3,(H2,23,26). The summed E-state index contributed by atoms with van der Waals surface area (Å²) >= 11 is 0. The van der Waals surface area contributed by atoms with Crippen LogP contribution in [0.5, 0.6) is 5.75 Å². The Kier molecular flexibility index (Phi) is 4.61. The normalized spacial score (nSPS) is 11.4. The largest absolute Gasteiger partial charge is 0.573 e. The van der Waals surface area contributed by atoms with Crippen LogP contribution in [-0.4, -0.2) is 22.1 Å². The van der Waals surface area contributed by atoms with E-state index < -0.39 is 23.8 Å². The van der Waals surface area contributed by atoms with Crippen LogP contribution in [0.15, 0.2) is 48.5 Å². The average molecular weight is 379 g/mol. The Labute approximate surface area is 151 Å². The first-order valence-electron chi connectivity index (χ1n) is 7.67. The van der Waals surface area contributed by atoms with Crippen molar-refractivity contribution in [3.8, 4) is 22.6 Å². The lowest BCUT2D eigenvalue weighted by molar-refractivity contribution is -0.274. The van der Waals surface area contributed by atoms with E-state index in [1.807, 2.05) is 0 Å². The second-order valence-electron chi connectivity index (χ2n) is 5.66. The number of halogens is 4. The number of alkyl halides is 3. The Morgan fingerprint density at radius 1 is 1.11 bits per heavy atom. The molecule has 27 heavy (non-hydrogen) atoms. The molecule has 0 saturated carbocycles. The van der Waals surface area contributed by atoms with Crippen LogP contribution in [0.3, 0.4) is 0 Å². The topological polar surface area (TPSA) is 70.1 Å². The van der Waals surface area contributed by atoms with Gasteiger partial charge in [0, 0.05) is 16.8 Å². The molecule has 0 fully saturated rings. The second-order valence-corrected chi connectivity index (χ2v) is 5.66. The SMILES string of the molecule is Cc1cc(C(N)=O)nn1-c1ccc(F)c(-c2ccccc2OC(F)(F)F)c1. The number of carbonyl (C=O) groups is 1. The molecule has 0 aliphatic carbocycles. The first-order chi connectivity index (χ1) is 12.7. The third-order valence-corrected chi connectivity index (χ3v) is 3.74. The molecule has 2 aromatic carbocycles. The van der Waals surface area contributed by atoms with E-state index in [1.165, 1.54) is 41.1 Å². The molecule has 5 nitrogen and oxygen atoms in total. The fraction of sp³-hybridized carbons (Fsp3) is 0.111. The number of amides is 1. The van der Waals surface area contributed by atoms with Gasteiger partial charge in [-0.3, -0.25) is 4.79 Å². The minimum atomic E-state index is -4.92. The van der Waals surface area contributed by atoms with Gasteiger partial charge in [0.05, 0.1) is 5.69 Å². The lowest BCUT2D eigenvalue weighted by Crippen LogP contribution is -2.17. The molecule has 2 N–H and O–H groups in total. The Morgan fingerprint density at radius 2 is 1.81 bits per heavy atom. The first-order valence-corrected chi connectivity index (χ1v) is 7.67.